The molecule has 8 nitrogen and oxygen atoms in total. The lowest BCUT2D eigenvalue weighted by Crippen LogP contribution is -2.45. The van der Waals surface area contributed by atoms with Crippen molar-refractivity contribution < 1.29 is 14.3 Å². The van der Waals surface area contributed by atoms with Crippen LogP contribution >= 0.6 is 0 Å². The molecule has 1 atom stereocenters. The van der Waals surface area contributed by atoms with Gasteiger partial charge >= 0.3 is 6.03 Å². The third kappa shape index (κ3) is 4.13. The molecule has 0 aromatic carbocycles. The summed E-state index contributed by atoms with van der Waals surface area (Å²) in [6.07, 6.45) is 3.60. The molecule has 0 radical (unpaired) electrons. The molecule has 2 aromatic heterocycles. The van der Waals surface area contributed by atoms with Crippen molar-refractivity contribution in [1.82, 2.24) is 19.7 Å². The molecule has 1 fully saturated rings. The van der Waals surface area contributed by atoms with Gasteiger partial charge in [0, 0.05) is 26.3 Å². The van der Waals surface area contributed by atoms with Crippen LogP contribution in [0.15, 0.2) is 24.4 Å². The van der Waals surface area contributed by atoms with Crippen LogP contribution in [0.2, 0.25) is 0 Å². The lowest BCUT2D eigenvalue weighted by molar-refractivity contribution is -0.000329. The third-order valence-electron chi connectivity index (χ3n) is 4.59. The van der Waals surface area contributed by atoms with Crippen LogP contribution < -0.4 is 10.1 Å². The Balaban J connectivity index is 1.58. The fraction of sp³-hybridized carbons (Fsp3) is 0.500. The van der Waals surface area contributed by atoms with Crippen LogP contribution in [-0.2, 0) is 18.4 Å². The summed E-state index contributed by atoms with van der Waals surface area (Å²) in [7, 11) is 3.36. The highest BCUT2D eigenvalue weighted by Crippen LogP contribution is 2.27. The molecular weight excluding hydrogens is 334 g/mol. The highest BCUT2D eigenvalue weighted by atomic mass is 16.5. The van der Waals surface area contributed by atoms with Crippen molar-refractivity contribution in [3.8, 4) is 5.88 Å². The minimum absolute atomic E-state index is 0.00777. The van der Waals surface area contributed by atoms with Crippen LogP contribution in [0.3, 0.4) is 0 Å². The molecule has 1 aliphatic heterocycles. The molecule has 26 heavy (non-hydrogen) atoms. The second kappa shape index (κ2) is 8.18. The van der Waals surface area contributed by atoms with Crippen LogP contribution in [0.25, 0.3) is 0 Å². The summed E-state index contributed by atoms with van der Waals surface area (Å²) in [5, 5.41) is 7.16. The van der Waals surface area contributed by atoms with E-state index in [-0.39, 0.29) is 12.1 Å². The minimum Gasteiger partial charge on any atom is -0.478 e. The van der Waals surface area contributed by atoms with Gasteiger partial charge in [0.05, 0.1) is 31.2 Å². The fourth-order valence-corrected chi connectivity index (χ4v) is 3.00. The predicted octanol–water partition coefficient (Wildman–Crippen LogP) is 2.35. The Hall–Kier alpha value is -2.61. The zero-order valence-electron chi connectivity index (χ0n) is 15.4. The van der Waals surface area contributed by atoms with Gasteiger partial charge in [0.1, 0.15) is 5.69 Å². The number of likely N-dealkylation sites (tertiary alicyclic amines) is 1. The third-order valence-corrected chi connectivity index (χ3v) is 4.59. The van der Waals surface area contributed by atoms with E-state index in [2.05, 4.69) is 15.4 Å². The molecule has 0 saturated carbocycles. The first-order valence-electron chi connectivity index (χ1n) is 8.73. The molecule has 1 unspecified atom stereocenters. The van der Waals surface area contributed by atoms with Crippen molar-refractivity contribution in [2.45, 2.75) is 32.5 Å². The lowest BCUT2D eigenvalue weighted by atomic mass is 10.1. The number of aryl methyl sites for hydroxylation is 1. The molecule has 2 aromatic rings. The van der Waals surface area contributed by atoms with Crippen LogP contribution in [0.1, 0.15) is 24.2 Å². The van der Waals surface area contributed by atoms with E-state index in [9.17, 15) is 4.79 Å². The summed E-state index contributed by atoms with van der Waals surface area (Å²) in [5.74, 6) is 0.415. The molecule has 1 saturated heterocycles. The molecule has 140 valence electrons. The van der Waals surface area contributed by atoms with E-state index >= 15 is 0 Å². The lowest BCUT2D eigenvalue weighted by Gasteiger charge is -2.32. The van der Waals surface area contributed by atoms with Gasteiger partial charge in [-0.3, -0.25) is 9.67 Å². The van der Waals surface area contributed by atoms with E-state index in [1.54, 1.807) is 22.9 Å². The van der Waals surface area contributed by atoms with Crippen molar-refractivity contribution in [3.05, 3.63) is 35.8 Å². The van der Waals surface area contributed by atoms with Crippen molar-refractivity contribution in [1.29, 1.82) is 0 Å². The largest absolute Gasteiger partial charge is 0.478 e. The van der Waals surface area contributed by atoms with E-state index in [0.717, 1.165) is 24.2 Å². The number of nitrogens with zero attached hydrogens (tertiary/aromatic N) is 4. The van der Waals surface area contributed by atoms with Crippen molar-refractivity contribution in [2.75, 3.05) is 25.5 Å². The molecule has 1 aliphatic rings. The SMILES string of the molecule is COc1nn(C)c(C)c1NC(=O)N1CCCC(OCc2ccccn2)C1. The summed E-state index contributed by atoms with van der Waals surface area (Å²) < 4.78 is 12.9. The van der Waals surface area contributed by atoms with Gasteiger partial charge in [-0.25, -0.2) is 4.79 Å². The molecular formula is C18H25N5O3. The topological polar surface area (TPSA) is 81.5 Å². The van der Waals surface area contributed by atoms with Crippen LogP contribution in [-0.4, -0.2) is 52.0 Å². The zero-order valence-corrected chi connectivity index (χ0v) is 15.4. The Morgan fingerprint density at radius 1 is 1.42 bits per heavy atom. The number of methoxy groups -OCH3 is 1. The first kappa shape index (κ1) is 18.2. The van der Waals surface area contributed by atoms with E-state index in [1.165, 1.54) is 0 Å². The minimum atomic E-state index is -0.162. The van der Waals surface area contributed by atoms with Gasteiger partial charge < -0.3 is 19.7 Å². The number of carbonyl (C=O) groups is 1. The maximum atomic E-state index is 12.7. The van der Waals surface area contributed by atoms with Gasteiger partial charge in [0.2, 0.25) is 0 Å². The van der Waals surface area contributed by atoms with Gasteiger partial charge in [0.25, 0.3) is 5.88 Å². The van der Waals surface area contributed by atoms with Crippen LogP contribution in [0, 0.1) is 6.92 Å². The van der Waals surface area contributed by atoms with Crippen LogP contribution in [0.5, 0.6) is 5.88 Å². The second-order valence-corrected chi connectivity index (χ2v) is 6.37. The maximum absolute atomic E-state index is 12.7. The summed E-state index contributed by atoms with van der Waals surface area (Å²) >= 11 is 0. The summed E-state index contributed by atoms with van der Waals surface area (Å²) in [5.41, 5.74) is 2.34. The first-order valence-corrected chi connectivity index (χ1v) is 8.73. The molecule has 3 rings (SSSR count). The van der Waals surface area contributed by atoms with E-state index in [1.807, 2.05) is 32.2 Å². The monoisotopic (exact) mass is 359 g/mol. The maximum Gasteiger partial charge on any atom is 0.322 e. The number of piperidine rings is 1. The number of nitrogens with one attached hydrogen (secondary N) is 1. The van der Waals surface area contributed by atoms with Crippen molar-refractivity contribution in [2.24, 2.45) is 7.05 Å². The number of urea groups is 1. The molecule has 1 N–H and O–H groups in total. The number of anilines is 1. The number of hydrogen-bond acceptors (Lipinski definition) is 5. The summed E-state index contributed by atoms with van der Waals surface area (Å²) in [6, 6.07) is 5.59. The predicted molar refractivity (Wildman–Crippen MR) is 97.1 cm³/mol. The highest BCUT2D eigenvalue weighted by molar-refractivity contribution is 5.91. The van der Waals surface area contributed by atoms with E-state index in [0.29, 0.717) is 31.3 Å². The number of rotatable bonds is 5. The molecule has 0 bridgehead atoms. The molecule has 3 heterocycles. The Labute approximate surface area is 153 Å². The average Bonchev–Trinajstić information content (AvgIpc) is 2.95. The molecule has 8 heteroatoms. The number of pyridine rings is 1. The summed E-state index contributed by atoms with van der Waals surface area (Å²) in [4.78, 5) is 18.7. The van der Waals surface area contributed by atoms with Gasteiger partial charge in [-0.1, -0.05) is 6.07 Å². The number of aromatic nitrogens is 3. The first-order chi connectivity index (χ1) is 12.6. The van der Waals surface area contributed by atoms with E-state index < -0.39 is 0 Å². The van der Waals surface area contributed by atoms with Gasteiger partial charge in [-0.2, -0.15) is 0 Å². The molecule has 0 aliphatic carbocycles. The molecule has 2 amide bonds. The zero-order chi connectivity index (χ0) is 18.5. The van der Waals surface area contributed by atoms with Crippen molar-refractivity contribution in [3.63, 3.8) is 0 Å². The Morgan fingerprint density at radius 2 is 2.27 bits per heavy atom. The quantitative estimate of drug-likeness (QED) is 0.886. The standard InChI is InChI=1S/C18H25N5O3/c1-13-16(17(25-3)21-22(13)2)20-18(24)23-10-6-8-15(11-23)26-12-14-7-4-5-9-19-14/h4-5,7,9,15H,6,8,10-12H2,1-3H3,(H,20,24). The average molecular weight is 359 g/mol. The van der Waals surface area contributed by atoms with Gasteiger partial charge in [-0.15, -0.1) is 5.10 Å². The Morgan fingerprint density at radius 3 is 3.00 bits per heavy atom. The Bertz CT molecular complexity index is 747. The smallest absolute Gasteiger partial charge is 0.322 e. The Kier molecular flexibility index (Phi) is 5.72. The fourth-order valence-electron chi connectivity index (χ4n) is 3.00. The van der Waals surface area contributed by atoms with Gasteiger partial charge in [-0.05, 0) is 31.9 Å². The molecule has 0 spiro atoms. The number of ether oxygens (including phenoxy) is 2. The second-order valence-electron chi connectivity index (χ2n) is 6.37. The number of hydrogen-bond donors (Lipinski definition) is 1. The van der Waals surface area contributed by atoms with E-state index in [4.69, 9.17) is 9.47 Å². The van der Waals surface area contributed by atoms with Gasteiger partial charge in [0.15, 0.2) is 0 Å². The highest BCUT2D eigenvalue weighted by Gasteiger charge is 2.26. The summed E-state index contributed by atoms with van der Waals surface area (Å²) in [6.45, 7) is 3.60. The number of amides is 2. The van der Waals surface area contributed by atoms with Crippen molar-refractivity contribution >= 4 is 11.7 Å². The van der Waals surface area contributed by atoms with Crippen LogP contribution in [0.4, 0.5) is 10.5 Å². The number of carbonyl (C=O) groups excluding carboxylic acids is 1. The normalized spacial score (nSPS) is 17.2.